The van der Waals surface area contributed by atoms with Crippen LogP contribution in [-0.2, 0) is 4.74 Å². The van der Waals surface area contributed by atoms with Gasteiger partial charge in [-0.15, -0.1) is 0 Å². The van der Waals surface area contributed by atoms with Gasteiger partial charge in [-0.2, -0.15) is 0 Å². The predicted molar refractivity (Wildman–Crippen MR) is 77.2 cm³/mol. The SMILES string of the molecule is NC(COC1CCCCC1)c1ccc2c(c1)OCCO2. The first-order chi connectivity index (χ1) is 9.83. The van der Waals surface area contributed by atoms with E-state index in [1.54, 1.807) is 0 Å². The zero-order valence-corrected chi connectivity index (χ0v) is 11.8. The van der Waals surface area contributed by atoms with Gasteiger partial charge < -0.3 is 19.9 Å². The molecule has 0 aromatic heterocycles. The fourth-order valence-corrected chi connectivity index (χ4v) is 2.86. The van der Waals surface area contributed by atoms with Crippen molar-refractivity contribution in [3.63, 3.8) is 0 Å². The van der Waals surface area contributed by atoms with Crippen molar-refractivity contribution in [2.75, 3.05) is 19.8 Å². The lowest BCUT2D eigenvalue weighted by Gasteiger charge is -2.24. The molecule has 0 radical (unpaired) electrons. The average Bonchev–Trinajstić information content (AvgIpc) is 2.53. The zero-order chi connectivity index (χ0) is 13.8. The van der Waals surface area contributed by atoms with E-state index in [1.807, 2.05) is 18.2 Å². The summed E-state index contributed by atoms with van der Waals surface area (Å²) in [6.45, 7) is 1.79. The van der Waals surface area contributed by atoms with Gasteiger partial charge in [0.2, 0.25) is 0 Å². The topological polar surface area (TPSA) is 53.7 Å². The van der Waals surface area contributed by atoms with Crippen molar-refractivity contribution >= 4 is 0 Å². The molecule has 0 spiro atoms. The normalized spacial score (nSPS) is 20.6. The van der Waals surface area contributed by atoms with Crippen molar-refractivity contribution in [2.45, 2.75) is 44.2 Å². The molecule has 0 amide bonds. The molecule has 4 heteroatoms. The molecule has 3 rings (SSSR count). The highest BCUT2D eigenvalue weighted by Crippen LogP contribution is 2.32. The third-order valence-electron chi connectivity index (χ3n) is 4.06. The highest BCUT2D eigenvalue weighted by molar-refractivity contribution is 5.44. The van der Waals surface area contributed by atoms with Gasteiger partial charge in [-0.1, -0.05) is 25.3 Å². The third-order valence-corrected chi connectivity index (χ3v) is 4.06. The van der Waals surface area contributed by atoms with Crippen molar-refractivity contribution in [3.05, 3.63) is 23.8 Å². The van der Waals surface area contributed by atoms with Crippen LogP contribution < -0.4 is 15.2 Å². The molecular formula is C16H23NO3. The van der Waals surface area contributed by atoms with Gasteiger partial charge in [-0.05, 0) is 30.5 Å². The second kappa shape index (κ2) is 6.46. The molecule has 20 heavy (non-hydrogen) atoms. The number of hydrogen-bond acceptors (Lipinski definition) is 4. The van der Waals surface area contributed by atoms with E-state index in [9.17, 15) is 0 Å². The summed E-state index contributed by atoms with van der Waals surface area (Å²) < 4.78 is 17.0. The molecule has 1 saturated carbocycles. The van der Waals surface area contributed by atoms with Crippen LogP contribution in [-0.4, -0.2) is 25.9 Å². The van der Waals surface area contributed by atoms with Gasteiger partial charge >= 0.3 is 0 Å². The van der Waals surface area contributed by atoms with Gasteiger partial charge in [0.05, 0.1) is 18.8 Å². The van der Waals surface area contributed by atoms with Crippen molar-refractivity contribution in [2.24, 2.45) is 5.73 Å². The van der Waals surface area contributed by atoms with Crippen molar-refractivity contribution < 1.29 is 14.2 Å². The summed E-state index contributed by atoms with van der Waals surface area (Å²) in [5.74, 6) is 1.60. The van der Waals surface area contributed by atoms with Crippen molar-refractivity contribution in [1.82, 2.24) is 0 Å². The Balaban J connectivity index is 1.57. The van der Waals surface area contributed by atoms with Crippen LogP contribution in [0.2, 0.25) is 0 Å². The van der Waals surface area contributed by atoms with E-state index in [-0.39, 0.29) is 6.04 Å². The summed E-state index contributed by atoms with van der Waals surface area (Å²) in [4.78, 5) is 0. The van der Waals surface area contributed by atoms with Gasteiger partial charge in [0, 0.05) is 0 Å². The summed E-state index contributed by atoms with van der Waals surface area (Å²) in [7, 11) is 0. The smallest absolute Gasteiger partial charge is 0.161 e. The summed E-state index contributed by atoms with van der Waals surface area (Å²) in [6, 6.07) is 5.81. The molecule has 1 aromatic carbocycles. The summed E-state index contributed by atoms with van der Waals surface area (Å²) >= 11 is 0. The quantitative estimate of drug-likeness (QED) is 0.919. The highest BCUT2D eigenvalue weighted by atomic mass is 16.6. The molecule has 1 aromatic rings. The van der Waals surface area contributed by atoms with Gasteiger partial charge in [0.25, 0.3) is 0 Å². The fraction of sp³-hybridized carbons (Fsp3) is 0.625. The largest absolute Gasteiger partial charge is 0.486 e. The first-order valence-electron chi connectivity index (χ1n) is 7.59. The molecule has 1 aliphatic heterocycles. The molecular weight excluding hydrogens is 254 g/mol. The molecule has 110 valence electrons. The first-order valence-corrected chi connectivity index (χ1v) is 7.59. The molecule has 1 heterocycles. The van der Waals surface area contributed by atoms with Gasteiger partial charge in [-0.3, -0.25) is 0 Å². The van der Waals surface area contributed by atoms with E-state index in [1.165, 1.54) is 32.1 Å². The van der Waals surface area contributed by atoms with E-state index in [2.05, 4.69) is 0 Å². The van der Waals surface area contributed by atoms with E-state index in [4.69, 9.17) is 19.9 Å². The maximum Gasteiger partial charge on any atom is 0.161 e. The number of ether oxygens (including phenoxy) is 3. The van der Waals surface area contributed by atoms with Gasteiger partial charge in [0.1, 0.15) is 13.2 Å². The Morgan fingerprint density at radius 2 is 1.85 bits per heavy atom. The Bertz CT molecular complexity index is 443. The van der Waals surface area contributed by atoms with Crippen LogP contribution in [0.3, 0.4) is 0 Å². The summed E-state index contributed by atoms with van der Waals surface area (Å²) in [5, 5.41) is 0. The zero-order valence-electron chi connectivity index (χ0n) is 11.8. The Kier molecular flexibility index (Phi) is 4.43. The molecule has 1 fully saturated rings. The van der Waals surface area contributed by atoms with Crippen molar-refractivity contribution in [3.8, 4) is 11.5 Å². The van der Waals surface area contributed by atoms with Crippen LogP contribution >= 0.6 is 0 Å². The minimum Gasteiger partial charge on any atom is -0.486 e. The van der Waals surface area contributed by atoms with E-state index < -0.39 is 0 Å². The molecule has 4 nitrogen and oxygen atoms in total. The standard InChI is InChI=1S/C16H23NO3/c17-14(11-20-13-4-2-1-3-5-13)12-6-7-15-16(10-12)19-9-8-18-15/h6-7,10,13-14H,1-5,8-9,11,17H2. The minimum absolute atomic E-state index is 0.104. The first kappa shape index (κ1) is 13.7. The van der Waals surface area contributed by atoms with Crippen LogP contribution in [0.5, 0.6) is 11.5 Å². The lowest BCUT2D eigenvalue weighted by molar-refractivity contribution is 0.0206. The monoisotopic (exact) mass is 277 g/mol. The maximum absolute atomic E-state index is 6.22. The van der Waals surface area contributed by atoms with Crippen LogP contribution in [0.25, 0.3) is 0 Å². The number of hydrogen-bond donors (Lipinski definition) is 1. The van der Waals surface area contributed by atoms with E-state index >= 15 is 0 Å². The van der Waals surface area contributed by atoms with Gasteiger partial charge in [-0.25, -0.2) is 0 Å². The van der Waals surface area contributed by atoms with Crippen LogP contribution in [0, 0.1) is 0 Å². The molecule has 0 bridgehead atoms. The van der Waals surface area contributed by atoms with Gasteiger partial charge in [0.15, 0.2) is 11.5 Å². The average molecular weight is 277 g/mol. The Morgan fingerprint density at radius 3 is 2.65 bits per heavy atom. The number of benzene rings is 1. The molecule has 1 aliphatic carbocycles. The third kappa shape index (κ3) is 3.25. The predicted octanol–water partition coefficient (Wildman–Crippen LogP) is 2.81. The Labute approximate surface area is 120 Å². The lowest BCUT2D eigenvalue weighted by atomic mass is 9.97. The molecule has 2 aliphatic rings. The Hall–Kier alpha value is -1.26. The van der Waals surface area contributed by atoms with E-state index in [0.29, 0.717) is 25.9 Å². The fourth-order valence-electron chi connectivity index (χ4n) is 2.86. The van der Waals surface area contributed by atoms with Crippen molar-refractivity contribution in [1.29, 1.82) is 0 Å². The summed E-state index contributed by atoms with van der Waals surface area (Å²) in [6.07, 6.45) is 6.65. The van der Waals surface area contributed by atoms with E-state index in [0.717, 1.165) is 17.1 Å². The molecule has 0 saturated heterocycles. The molecule has 2 N–H and O–H groups in total. The second-order valence-corrected chi connectivity index (χ2v) is 5.60. The maximum atomic E-state index is 6.22. The lowest BCUT2D eigenvalue weighted by Crippen LogP contribution is -2.24. The number of rotatable bonds is 4. The second-order valence-electron chi connectivity index (χ2n) is 5.60. The number of fused-ring (bicyclic) bond motifs is 1. The van der Waals surface area contributed by atoms with Crippen LogP contribution in [0.4, 0.5) is 0 Å². The minimum atomic E-state index is -0.104. The molecule has 1 atom stereocenters. The number of nitrogens with two attached hydrogens (primary N) is 1. The van der Waals surface area contributed by atoms with Crippen LogP contribution in [0.1, 0.15) is 43.7 Å². The summed E-state index contributed by atoms with van der Waals surface area (Å²) in [5.41, 5.74) is 7.27. The highest BCUT2D eigenvalue weighted by Gasteiger charge is 2.18. The van der Waals surface area contributed by atoms with Crippen LogP contribution in [0.15, 0.2) is 18.2 Å². The molecule has 1 unspecified atom stereocenters. The Morgan fingerprint density at radius 1 is 1.10 bits per heavy atom.